The van der Waals surface area contributed by atoms with Gasteiger partial charge in [-0.1, -0.05) is 12.1 Å². The molecule has 0 aliphatic carbocycles. The number of nitrogens with two attached hydrogens (primary N) is 1. The zero-order valence-corrected chi connectivity index (χ0v) is 8.18. The smallest absolute Gasteiger partial charge is 0.153 e. The van der Waals surface area contributed by atoms with Crippen LogP contribution in [-0.4, -0.2) is 0 Å². The van der Waals surface area contributed by atoms with Gasteiger partial charge in [0.2, 0.25) is 0 Å². The second kappa shape index (κ2) is 3.89. The van der Waals surface area contributed by atoms with Gasteiger partial charge in [-0.25, -0.2) is 13.2 Å². The van der Waals surface area contributed by atoms with Crippen molar-refractivity contribution in [3.05, 3.63) is 53.8 Å². The summed E-state index contributed by atoms with van der Waals surface area (Å²) in [5.74, 6) is -2.22. The van der Waals surface area contributed by atoms with Crippen LogP contribution in [-0.2, 0) is 0 Å². The molecule has 82 valence electrons. The Morgan fingerprint density at radius 2 is 1.62 bits per heavy atom. The van der Waals surface area contributed by atoms with E-state index in [1.165, 1.54) is 24.3 Å². The highest BCUT2D eigenvalue weighted by atomic mass is 19.1. The van der Waals surface area contributed by atoms with Crippen LogP contribution in [0.25, 0.3) is 11.1 Å². The topological polar surface area (TPSA) is 26.0 Å². The molecule has 0 fully saturated rings. The fourth-order valence-electron chi connectivity index (χ4n) is 1.47. The number of nitrogen functional groups attached to an aromatic ring is 1. The van der Waals surface area contributed by atoms with E-state index < -0.39 is 17.5 Å². The van der Waals surface area contributed by atoms with Crippen molar-refractivity contribution < 1.29 is 13.2 Å². The maximum atomic E-state index is 13.6. The van der Waals surface area contributed by atoms with E-state index in [1.54, 1.807) is 0 Å². The van der Waals surface area contributed by atoms with Gasteiger partial charge in [-0.2, -0.15) is 0 Å². The van der Waals surface area contributed by atoms with Gasteiger partial charge >= 0.3 is 0 Å². The first-order valence-corrected chi connectivity index (χ1v) is 4.59. The molecule has 0 saturated carbocycles. The number of benzene rings is 2. The SMILES string of the molecule is Nc1cccc(-c2ccc(F)cc2F)c1F. The van der Waals surface area contributed by atoms with Crippen LogP contribution in [0, 0.1) is 17.5 Å². The van der Waals surface area contributed by atoms with Crippen molar-refractivity contribution in [1.82, 2.24) is 0 Å². The van der Waals surface area contributed by atoms with Crippen molar-refractivity contribution in [1.29, 1.82) is 0 Å². The molecule has 0 bridgehead atoms. The predicted octanol–water partition coefficient (Wildman–Crippen LogP) is 3.35. The van der Waals surface area contributed by atoms with E-state index >= 15 is 0 Å². The first-order valence-electron chi connectivity index (χ1n) is 4.59. The van der Waals surface area contributed by atoms with E-state index in [2.05, 4.69) is 0 Å². The average molecular weight is 223 g/mol. The Morgan fingerprint density at radius 1 is 0.875 bits per heavy atom. The predicted molar refractivity (Wildman–Crippen MR) is 56.2 cm³/mol. The van der Waals surface area contributed by atoms with Crippen LogP contribution < -0.4 is 5.73 Å². The monoisotopic (exact) mass is 223 g/mol. The fourth-order valence-corrected chi connectivity index (χ4v) is 1.47. The van der Waals surface area contributed by atoms with Crippen LogP contribution in [0.4, 0.5) is 18.9 Å². The molecule has 16 heavy (non-hydrogen) atoms. The Kier molecular flexibility index (Phi) is 2.56. The lowest BCUT2D eigenvalue weighted by Crippen LogP contribution is -1.95. The lowest BCUT2D eigenvalue weighted by molar-refractivity contribution is 0.583. The Balaban J connectivity index is 2.63. The van der Waals surface area contributed by atoms with Gasteiger partial charge < -0.3 is 5.73 Å². The molecular weight excluding hydrogens is 215 g/mol. The van der Waals surface area contributed by atoms with Gasteiger partial charge in [0.1, 0.15) is 11.6 Å². The lowest BCUT2D eigenvalue weighted by atomic mass is 10.0. The summed E-state index contributed by atoms with van der Waals surface area (Å²) in [5.41, 5.74) is 5.32. The molecule has 0 aliphatic heterocycles. The molecule has 0 aliphatic rings. The quantitative estimate of drug-likeness (QED) is 0.737. The molecule has 0 heterocycles. The first kappa shape index (κ1) is 10.5. The summed E-state index contributed by atoms with van der Waals surface area (Å²) in [4.78, 5) is 0. The Bertz CT molecular complexity index is 538. The third-order valence-corrected chi connectivity index (χ3v) is 2.25. The van der Waals surface area contributed by atoms with Crippen LogP contribution in [0.1, 0.15) is 0 Å². The Hall–Kier alpha value is -1.97. The first-order chi connectivity index (χ1) is 7.59. The lowest BCUT2D eigenvalue weighted by Gasteiger charge is -2.06. The van der Waals surface area contributed by atoms with Crippen LogP contribution in [0.2, 0.25) is 0 Å². The van der Waals surface area contributed by atoms with Crippen LogP contribution >= 0.6 is 0 Å². The molecule has 2 rings (SSSR count). The third kappa shape index (κ3) is 1.74. The number of rotatable bonds is 1. The number of anilines is 1. The van der Waals surface area contributed by atoms with Crippen molar-refractivity contribution >= 4 is 5.69 Å². The molecule has 0 atom stereocenters. The second-order valence-electron chi connectivity index (χ2n) is 3.33. The minimum Gasteiger partial charge on any atom is -0.396 e. The van der Waals surface area contributed by atoms with E-state index in [9.17, 15) is 13.2 Å². The fraction of sp³-hybridized carbons (Fsp3) is 0. The molecule has 0 radical (unpaired) electrons. The standard InChI is InChI=1S/C12H8F3N/c13-7-4-5-8(10(14)6-7)9-2-1-3-11(16)12(9)15/h1-6H,16H2. The summed E-state index contributed by atoms with van der Waals surface area (Å²) in [7, 11) is 0. The van der Waals surface area contributed by atoms with Crippen molar-refractivity contribution in [2.75, 3.05) is 5.73 Å². The minimum atomic E-state index is -0.815. The third-order valence-electron chi connectivity index (χ3n) is 2.25. The van der Waals surface area contributed by atoms with Gasteiger partial charge in [-0.3, -0.25) is 0 Å². The molecule has 1 nitrogen and oxygen atoms in total. The van der Waals surface area contributed by atoms with Crippen molar-refractivity contribution in [2.45, 2.75) is 0 Å². The average Bonchev–Trinajstić information content (AvgIpc) is 2.23. The molecule has 0 saturated heterocycles. The maximum absolute atomic E-state index is 13.6. The molecule has 2 aromatic rings. The molecular formula is C12H8F3N. The van der Waals surface area contributed by atoms with Crippen LogP contribution in [0.5, 0.6) is 0 Å². The largest absolute Gasteiger partial charge is 0.396 e. The van der Waals surface area contributed by atoms with E-state index in [4.69, 9.17) is 5.73 Å². The van der Waals surface area contributed by atoms with Crippen molar-refractivity contribution in [3.8, 4) is 11.1 Å². The summed E-state index contributed by atoms with van der Waals surface area (Å²) >= 11 is 0. The van der Waals surface area contributed by atoms with E-state index in [0.717, 1.165) is 6.07 Å². The normalized spacial score (nSPS) is 10.4. The minimum absolute atomic E-state index is 0.00815. The highest BCUT2D eigenvalue weighted by molar-refractivity contribution is 5.68. The van der Waals surface area contributed by atoms with Crippen molar-refractivity contribution in [2.24, 2.45) is 0 Å². The maximum Gasteiger partial charge on any atom is 0.153 e. The summed E-state index contributed by atoms with van der Waals surface area (Å²) < 4.78 is 39.7. The van der Waals surface area contributed by atoms with Gasteiger partial charge in [0.15, 0.2) is 5.82 Å². The zero-order chi connectivity index (χ0) is 11.7. The van der Waals surface area contributed by atoms with Crippen LogP contribution in [0.3, 0.4) is 0 Å². The second-order valence-corrected chi connectivity index (χ2v) is 3.33. The molecule has 2 aromatic carbocycles. The zero-order valence-electron chi connectivity index (χ0n) is 8.18. The Morgan fingerprint density at radius 3 is 2.31 bits per heavy atom. The summed E-state index contributed by atoms with van der Waals surface area (Å²) in [6, 6.07) is 7.24. The summed E-state index contributed by atoms with van der Waals surface area (Å²) in [5, 5.41) is 0. The Labute approximate surface area is 90.3 Å². The van der Waals surface area contributed by atoms with E-state index in [0.29, 0.717) is 6.07 Å². The van der Waals surface area contributed by atoms with Gasteiger partial charge in [0.05, 0.1) is 5.69 Å². The van der Waals surface area contributed by atoms with Crippen molar-refractivity contribution in [3.63, 3.8) is 0 Å². The molecule has 2 N–H and O–H groups in total. The summed E-state index contributed by atoms with van der Waals surface area (Å²) in [6.45, 7) is 0. The molecule has 0 amide bonds. The summed E-state index contributed by atoms with van der Waals surface area (Å²) in [6.07, 6.45) is 0. The van der Waals surface area contributed by atoms with Gasteiger partial charge in [-0.05, 0) is 18.2 Å². The number of hydrogen-bond donors (Lipinski definition) is 1. The highest BCUT2D eigenvalue weighted by Crippen LogP contribution is 2.28. The number of halogens is 3. The highest BCUT2D eigenvalue weighted by Gasteiger charge is 2.12. The van der Waals surface area contributed by atoms with Gasteiger partial charge in [-0.15, -0.1) is 0 Å². The molecule has 0 spiro atoms. The van der Waals surface area contributed by atoms with Gasteiger partial charge in [0.25, 0.3) is 0 Å². The van der Waals surface area contributed by atoms with Crippen LogP contribution in [0.15, 0.2) is 36.4 Å². The molecule has 0 aromatic heterocycles. The molecule has 4 heteroatoms. The number of hydrogen-bond acceptors (Lipinski definition) is 1. The molecule has 0 unspecified atom stereocenters. The van der Waals surface area contributed by atoms with Gasteiger partial charge in [0, 0.05) is 17.2 Å². The van der Waals surface area contributed by atoms with E-state index in [1.807, 2.05) is 0 Å². The van der Waals surface area contributed by atoms with E-state index in [-0.39, 0.29) is 16.8 Å².